The topological polar surface area (TPSA) is 58.6 Å². The molecule has 1 fully saturated rings. The van der Waals surface area contributed by atoms with Crippen molar-refractivity contribution in [2.45, 2.75) is 89.8 Å². The molecule has 4 heteroatoms. The lowest BCUT2D eigenvalue weighted by atomic mass is 9.94. The number of rotatable bonds is 9. The van der Waals surface area contributed by atoms with Gasteiger partial charge in [0.2, 0.25) is 0 Å². The fourth-order valence-electron chi connectivity index (χ4n) is 2.87. The van der Waals surface area contributed by atoms with Crippen LogP contribution in [-0.2, 0) is 9.53 Å². The summed E-state index contributed by atoms with van der Waals surface area (Å²) < 4.78 is 5.58. The van der Waals surface area contributed by atoms with Crippen LogP contribution in [0.15, 0.2) is 0 Å². The molecule has 1 aliphatic rings. The van der Waals surface area contributed by atoms with E-state index in [1.165, 1.54) is 19.3 Å². The number of esters is 1. The quantitative estimate of drug-likeness (QED) is 0.640. The van der Waals surface area contributed by atoms with E-state index in [1.54, 1.807) is 0 Å². The monoisotopic (exact) mass is 285 g/mol. The van der Waals surface area contributed by atoms with Crippen molar-refractivity contribution in [3.8, 4) is 0 Å². The summed E-state index contributed by atoms with van der Waals surface area (Å²) in [4.78, 5) is 12.3. The second-order valence-electron chi connectivity index (χ2n) is 5.82. The number of hydrogen-bond donors (Lipinski definition) is 2. The third kappa shape index (κ3) is 6.23. The van der Waals surface area contributed by atoms with E-state index in [9.17, 15) is 4.79 Å². The summed E-state index contributed by atoms with van der Waals surface area (Å²) in [5.74, 6) is -0.190. The Balaban J connectivity index is 2.47. The molecule has 0 spiro atoms. The minimum atomic E-state index is -0.353. The molecule has 1 rings (SSSR count). The van der Waals surface area contributed by atoms with Crippen molar-refractivity contribution in [2.24, 2.45) is 0 Å². The number of carbonyl (C=O) groups excluding carboxylic acids is 1. The molecule has 1 saturated carbocycles. The summed E-state index contributed by atoms with van der Waals surface area (Å²) in [6.45, 7) is 4.16. The molecule has 0 aromatic rings. The second kappa shape index (κ2) is 10.2. The average Bonchev–Trinajstić information content (AvgIpc) is 2.47. The van der Waals surface area contributed by atoms with Gasteiger partial charge in [0.15, 0.2) is 0 Å². The minimum absolute atomic E-state index is 0.0156. The van der Waals surface area contributed by atoms with Crippen LogP contribution < -0.4 is 5.32 Å². The van der Waals surface area contributed by atoms with E-state index in [0.29, 0.717) is 12.5 Å². The van der Waals surface area contributed by atoms with Crippen molar-refractivity contribution in [1.29, 1.82) is 0 Å². The van der Waals surface area contributed by atoms with Crippen LogP contribution in [0, 0.1) is 0 Å². The van der Waals surface area contributed by atoms with Gasteiger partial charge in [-0.15, -0.1) is 0 Å². The molecule has 0 aromatic heterocycles. The van der Waals surface area contributed by atoms with Crippen LogP contribution in [0.2, 0.25) is 0 Å². The van der Waals surface area contributed by atoms with Gasteiger partial charge in [-0.25, -0.2) is 0 Å². The van der Waals surface area contributed by atoms with Crippen LogP contribution in [0.3, 0.4) is 0 Å². The molecule has 1 aliphatic carbocycles. The third-order valence-corrected chi connectivity index (χ3v) is 4.09. The molecule has 118 valence electrons. The lowest BCUT2D eigenvalue weighted by Crippen LogP contribution is -2.46. The maximum Gasteiger partial charge on any atom is 0.323 e. The third-order valence-electron chi connectivity index (χ3n) is 4.09. The van der Waals surface area contributed by atoms with Crippen molar-refractivity contribution >= 4 is 5.97 Å². The second-order valence-corrected chi connectivity index (χ2v) is 5.82. The van der Waals surface area contributed by atoms with E-state index in [0.717, 1.165) is 32.1 Å². The van der Waals surface area contributed by atoms with Gasteiger partial charge in [-0.1, -0.05) is 39.5 Å². The molecule has 0 aliphatic heterocycles. The Morgan fingerprint density at radius 1 is 1.25 bits per heavy atom. The van der Waals surface area contributed by atoms with Crippen LogP contribution in [-0.4, -0.2) is 35.9 Å². The number of nitrogens with one attached hydrogen (secondary N) is 1. The summed E-state index contributed by atoms with van der Waals surface area (Å²) in [5, 5.41) is 12.6. The Labute approximate surface area is 123 Å². The van der Waals surface area contributed by atoms with Gasteiger partial charge in [-0.3, -0.25) is 4.79 Å². The molecular formula is C16H31NO3. The van der Waals surface area contributed by atoms with Crippen molar-refractivity contribution in [3.05, 3.63) is 0 Å². The maximum atomic E-state index is 12.3. The zero-order valence-corrected chi connectivity index (χ0v) is 13.1. The Morgan fingerprint density at radius 2 is 1.95 bits per heavy atom. The normalized spacial score (nSPS) is 19.6. The summed E-state index contributed by atoms with van der Waals surface area (Å²) in [6.07, 6.45) is 9.25. The first-order valence-corrected chi connectivity index (χ1v) is 8.28. The van der Waals surface area contributed by atoms with Crippen molar-refractivity contribution < 1.29 is 14.6 Å². The predicted octanol–water partition coefficient (Wildman–Crippen LogP) is 2.78. The van der Waals surface area contributed by atoms with E-state index >= 15 is 0 Å². The summed E-state index contributed by atoms with van der Waals surface area (Å²) in [6, 6.07) is 0.0492. The van der Waals surface area contributed by atoms with Crippen LogP contribution in [0.1, 0.15) is 71.6 Å². The van der Waals surface area contributed by atoms with Crippen LogP contribution >= 0.6 is 0 Å². The zero-order chi connectivity index (χ0) is 14.8. The molecular weight excluding hydrogens is 254 g/mol. The molecule has 0 heterocycles. The Kier molecular flexibility index (Phi) is 8.86. The molecule has 0 bridgehead atoms. The highest BCUT2D eigenvalue weighted by Crippen LogP contribution is 2.19. The zero-order valence-electron chi connectivity index (χ0n) is 13.1. The Bertz CT molecular complexity index is 264. The smallest absolute Gasteiger partial charge is 0.323 e. The number of aliphatic hydroxyl groups excluding tert-OH is 1. The van der Waals surface area contributed by atoms with Crippen LogP contribution in [0.5, 0.6) is 0 Å². The standard InChI is InChI=1S/C16H31NO3/c1-3-8-14(4-2)20-16(19)15(11-12-18)17-13-9-6-5-7-10-13/h13-15,17-18H,3-12H2,1-2H3. The first-order valence-electron chi connectivity index (χ1n) is 8.28. The molecule has 2 atom stereocenters. The van der Waals surface area contributed by atoms with Gasteiger partial charge >= 0.3 is 5.97 Å². The maximum absolute atomic E-state index is 12.3. The Morgan fingerprint density at radius 3 is 2.50 bits per heavy atom. The van der Waals surface area contributed by atoms with Gasteiger partial charge in [-0.05, 0) is 32.1 Å². The van der Waals surface area contributed by atoms with Gasteiger partial charge in [0.05, 0.1) is 0 Å². The highest BCUT2D eigenvalue weighted by molar-refractivity contribution is 5.76. The summed E-state index contributed by atoms with van der Waals surface area (Å²) in [5.41, 5.74) is 0. The highest BCUT2D eigenvalue weighted by Gasteiger charge is 2.25. The highest BCUT2D eigenvalue weighted by atomic mass is 16.5. The molecule has 2 unspecified atom stereocenters. The molecule has 20 heavy (non-hydrogen) atoms. The fourth-order valence-corrected chi connectivity index (χ4v) is 2.87. The largest absolute Gasteiger partial charge is 0.461 e. The minimum Gasteiger partial charge on any atom is -0.461 e. The van der Waals surface area contributed by atoms with Gasteiger partial charge in [0, 0.05) is 12.6 Å². The van der Waals surface area contributed by atoms with Gasteiger partial charge in [-0.2, -0.15) is 0 Å². The summed E-state index contributed by atoms with van der Waals surface area (Å²) in [7, 11) is 0. The average molecular weight is 285 g/mol. The van der Waals surface area contributed by atoms with Crippen molar-refractivity contribution in [1.82, 2.24) is 5.32 Å². The molecule has 0 amide bonds. The van der Waals surface area contributed by atoms with E-state index in [-0.39, 0.29) is 24.7 Å². The predicted molar refractivity (Wildman–Crippen MR) is 80.6 cm³/mol. The lowest BCUT2D eigenvalue weighted by Gasteiger charge is -2.28. The number of aliphatic hydroxyl groups is 1. The van der Waals surface area contributed by atoms with E-state index in [4.69, 9.17) is 9.84 Å². The number of ether oxygens (including phenoxy) is 1. The first kappa shape index (κ1) is 17.4. The van der Waals surface area contributed by atoms with Crippen molar-refractivity contribution in [2.75, 3.05) is 6.61 Å². The first-order chi connectivity index (χ1) is 9.71. The Hall–Kier alpha value is -0.610. The van der Waals surface area contributed by atoms with E-state index < -0.39 is 0 Å². The molecule has 0 aromatic carbocycles. The van der Waals surface area contributed by atoms with Crippen molar-refractivity contribution in [3.63, 3.8) is 0 Å². The fraction of sp³-hybridized carbons (Fsp3) is 0.938. The van der Waals surface area contributed by atoms with Crippen LogP contribution in [0.25, 0.3) is 0 Å². The number of carbonyl (C=O) groups is 1. The van der Waals surface area contributed by atoms with Gasteiger partial charge < -0.3 is 15.2 Å². The molecule has 0 saturated heterocycles. The van der Waals surface area contributed by atoms with Crippen LogP contribution in [0.4, 0.5) is 0 Å². The van der Waals surface area contributed by atoms with E-state index in [1.807, 2.05) is 6.92 Å². The molecule has 4 nitrogen and oxygen atoms in total. The summed E-state index contributed by atoms with van der Waals surface area (Å²) >= 11 is 0. The molecule has 2 N–H and O–H groups in total. The number of hydrogen-bond acceptors (Lipinski definition) is 4. The lowest BCUT2D eigenvalue weighted by molar-refractivity contribution is -0.153. The van der Waals surface area contributed by atoms with Gasteiger partial charge in [0.25, 0.3) is 0 Å². The van der Waals surface area contributed by atoms with Gasteiger partial charge in [0.1, 0.15) is 12.1 Å². The SMILES string of the molecule is CCCC(CC)OC(=O)C(CCO)NC1CCCCC1. The van der Waals surface area contributed by atoms with E-state index in [2.05, 4.69) is 12.2 Å². The molecule has 0 radical (unpaired) electrons.